The number of hydrogen-bond acceptors (Lipinski definition) is 4. The normalized spacial score (nSPS) is 11.5. The molecule has 0 saturated carbocycles. The quantitative estimate of drug-likeness (QED) is 0.718. The maximum absolute atomic E-state index is 11.4. The highest BCUT2D eigenvalue weighted by Gasteiger charge is 2.12. The highest BCUT2D eigenvalue weighted by Crippen LogP contribution is 2.09. The predicted octanol–water partition coefficient (Wildman–Crippen LogP) is -0.0380. The molecule has 13 heavy (non-hydrogen) atoms. The fourth-order valence-electron chi connectivity index (χ4n) is 0.856. The molecular weight excluding hydrogens is 190 g/mol. The van der Waals surface area contributed by atoms with Crippen molar-refractivity contribution in [1.82, 2.24) is 9.71 Å². The summed E-state index contributed by atoms with van der Waals surface area (Å²) in [4.78, 5) is 3.78. The average molecular weight is 201 g/mol. The summed E-state index contributed by atoms with van der Waals surface area (Å²) in [5.41, 5.74) is 5.73. The Bertz CT molecular complexity index is 388. The zero-order valence-electron chi connectivity index (χ0n) is 7.19. The third kappa shape index (κ3) is 2.40. The van der Waals surface area contributed by atoms with Crippen molar-refractivity contribution < 1.29 is 8.42 Å². The van der Waals surface area contributed by atoms with E-state index < -0.39 is 10.0 Å². The highest BCUT2D eigenvalue weighted by atomic mass is 32.2. The lowest BCUT2D eigenvalue weighted by Crippen LogP contribution is -2.23. The summed E-state index contributed by atoms with van der Waals surface area (Å²) in [5.74, 6) is 0. The Labute approximate surface area is 77.0 Å². The second-order valence-electron chi connectivity index (χ2n) is 2.46. The van der Waals surface area contributed by atoms with Crippen molar-refractivity contribution in [3.63, 3.8) is 0 Å². The fraction of sp³-hybridized carbons (Fsp3) is 0.286. The molecule has 3 N–H and O–H groups in total. The van der Waals surface area contributed by atoms with Gasteiger partial charge in [-0.25, -0.2) is 13.1 Å². The molecule has 1 aromatic rings. The van der Waals surface area contributed by atoms with Crippen LogP contribution in [0.2, 0.25) is 0 Å². The maximum atomic E-state index is 11.4. The van der Waals surface area contributed by atoms with Crippen LogP contribution in [-0.2, 0) is 10.0 Å². The summed E-state index contributed by atoms with van der Waals surface area (Å²) >= 11 is 0. The molecule has 0 atom stereocenters. The number of nitrogens with two attached hydrogens (primary N) is 1. The minimum atomic E-state index is -3.43. The molecule has 72 valence electrons. The van der Waals surface area contributed by atoms with E-state index in [-0.39, 0.29) is 4.90 Å². The first-order valence-corrected chi connectivity index (χ1v) is 5.25. The Kier molecular flexibility index (Phi) is 2.84. The van der Waals surface area contributed by atoms with Gasteiger partial charge in [0.1, 0.15) is 4.90 Å². The molecule has 0 aliphatic rings. The third-order valence-electron chi connectivity index (χ3n) is 1.38. The van der Waals surface area contributed by atoms with E-state index in [1.807, 2.05) is 0 Å². The lowest BCUT2D eigenvalue weighted by Gasteiger charge is -2.03. The zero-order chi connectivity index (χ0) is 9.90. The molecule has 6 heteroatoms. The highest BCUT2D eigenvalue weighted by molar-refractivity contribution is 7.89. The summed E-state index contributed by atoms with van der Waals surface area (Å²) in [5, 5.41) is 0. The molecule has 0 saturated heterocycles. The van der Waals surface area contributed by atoms with Crippen LogP contribution in [0.25, 0.3) is 0 Å². The van der Waals surface area contributed by atoms with Gasteiger partial charge in [0.15, 0.2) is 0 Å². The first-order chi connectivity index (χ1) is 6.06. The number of nitrogens with one attached hydrogen (secondary N) is 1. The third-order valence-corrected chi connectivity index (χ3v) is 2.89. The van der Waals surface area contributed by atoms with E-state index in [1.165, 1.54) is 18.5 Å². The van der Waals surface area contributed by atoms with E-state index in [0.29, 0.717) is 12.2 Å². The van der Waals surface area contributed by atoms with E-state index in [1.54, 1.807) is 6.92 Å². The second-order valence-corrected chi connectivity index (χ2v) is 4.22. The lowest BCUT2D eigenvalue weighted by atomic mass is 10.4. The molecule has 0 amide bonds. The molecule has 1 aromatic heterocycles. The van der Waals surface area contributed by atoms with E-state index in [0.717, 1.165) is 0 Å². The Hall–Kier alpha value is -1.14. The predicted molar refractivity (Wildman–Crippen MR) is 49.5 cm³/mol. The molecule has 0 fully saturated rings. The summed E-state index contributed by atoms with van der Waals surface area (Å²) in [6.07, 6.45) is 2.65. The monoisotopic (exact) mass is 201 g/mol. The lowest BCUT2D eigenvalue weighted by molar-refractivity contribution is 0.583. The number of hydrogen-bond donors (Lipinski definition) is 2. The minimum absolute atomic E-state index is 0.0920. The van der Waals surface area contributed by atoms with Gasteiger partial charge in [0.05, 0.1) is 5.69 Å². The molecule has 0 radical (unpaired) electrons. The fourth-order valence-corrected chi connectivity index (χ4v) is 1.89. The van der Waals surface area contributed by atoms with E-state index in [4.69, 9.17) is 5.73 Å². The van der Waals surface area contributed by atoms with Crippen molar-refractivity contribution in [1.29, 1.82) is 0 Å². The Morgan fingerprint density at radius 3 is 2.77 bits per heavy atom. The SMILES string of the molecule is CCNS(=O)(=O)c1cncc(N)c1. The van der Waals surface area contributed by atoms with Crippen molar-refractivity contribution >= 4 is 15.7 Å². The number of aromatic nitrogens is 1. The first kappa shape index (κ1) is 9.94. The summed E-state index contributed by atoms with van der Waals surface area (Å²) in [6.45, 7) is 2.05. The van der Waals surface area contributed by atoms with Crippen LogP contribution in [-0.4, -0.2) is 19.9 Å². The van der Waals surface area contributed by atoms with Crippen LogP contribution < -0.4 is 10.5 Å². The van der Waals surface area contributed by atoms with Gasteiger partial charge in [-0.05, 0) is 6.07 Å². The minimum Gasteiger partial charge on any atom is -0.397 e. The number of rotatable bonds is 3. The smallest absolute Gasteiger partial charge is 0.242 e. The summed E-state index contributed by atoms with van der Waals surface area (Å²) in [6, 6.07) is 1.37. The number of nitrogens with zero attached hydrogens (tertiary/aromatic N) is 1. The van der Waals surface area contributed by atoms with E-state index >= 15 is 0 Å². The molecule has 0 aliphatic carbocycles. The first-order valence-electron chi connectivity index (χ1n) is 3.76. The van der Waals surface area contributed by atoms with Crippen molar-refractivity contribution in [2.45, 2.75) is 11.8 Å². The Balaban J connectivity index is 3.08. The Morgan fingerprint density at radius 2 is 2.23 bits per heavy atom. The molecule has 1 rings (SSSR count). The number of pyridine rings is 1. The van der Waals surface area contributed by atoms with Crippen molar-refractivity contribution in [2.24, 2.45) is 0 Å². The molecule has 0 aliphatic heterocycles. The summed E-state index contributed by atoms with van der Waals surface area (Å²) < 4.78 is 25.1. The molecular formula is C7H11N3O2S. The van der Waals surface area contributed by atoms with Crippen LogP contribution in [0.3, 0.4) is 0 Å². The number of nitrogen functional groups attached to an aromatic ring is 1. The van der Waals surface area contributed by atoms with E-state index in [9.17, 15) is 8.42 Å². The van der Waals surface area contributed by atoms with Gasteiger partial charge >= 0.3 is 0 Å². The van der Waals surface area contributed by atoms with Crippen molar-refractivity contribution in [3.05, 3.63) is 18.5 Å². The van der Waals surface area contributed by atoms with Gasteiger partial charge in [0, 0.05) is 18.9 Å². The molecule has 5 nitrogen and oxygen atoms in total. The van der Waals surface area contributed by atoms with Gasteiger partial charge in [-0.2, -0.15) is 0 Å². The van der Waals surface area contributed by atoms with Gasteiger partial charge in [0.25, 0.3) is 0 Å². The maximum Gasteiger partial charge on any atom is 0.242 e. The van der Waals surface area contributed by atoms with Gasteiger partial charge in [-0.1, -0.05) is 6.92 Å². The van der Waals surface area contributed by atoms with Crippen LogP contribution in [0.4, 0.5) is 5.69 Å². The number of sulfonamides is 1. The topological polar surface area (TPSA) is 85.1 Å². The summed E-state index contributed by atoms with van der Waals surface area (Å²) in [7, 11) is -3.43. The molecule has 0 spiro atoms. The second kappa shape index (κ2) is 3.71. The van der Waals surface area contributed by atoms with Crippen LogP contribution >= 0.6 is 0 Å². The Morgan fingerprint density at radius 1 is 1.54 bits per heavy atom. The standard InChI is InChI=1S/C7H11N3O2S/c1-2-10-13(11,12)7-3-6(8)4-9-5-7/h3-5,10H,2,8H2,1H3. The van der Waals surface area contributed by atoms with Crippen LogP contribution in [0.1, 0.15) is 6.92 Å². The van der Waals surface area contributed by atoms with Crippen LogP contribution in [0.15, 0.2) is 23.4 Å². The van der Waals surface area contributed by atoms with Gasteiger partial charge in [-0.15, -0.1) is 0 Å². The van der Waals surface area contributed by atoms with Gasteiger partial charge < -0.3 is 5.73 Å². The molecule has 0 aromatic carbocycles. The van der Waals surface area contributed by atoms with Crippen LogP contribution in [0.5, 0.6) is 0 Å². The van der Waals surface area contributed by atoms with Gasteiger partial charge in [0.2, 0.25) is 10.0 Å². The van der Waals surface area contributed by atoms with Crippen molar-refractivity contribution in [3.8, 4) is 0 Å². The zero-order valence-corrected chi connectivity index (χ0v) is 8.00. The average Bonchev–Trinajstić information content (AvgIpc) is 2.04. The molecule has 0 unspecified atom stereocenters. The van der Waals surface area contributed by atoms with Crippen molar-refractivity contribution in [2.75, 3.05) is 12.3 Å². The largest absolute Gasteiger partial charge is 0.397 e. The van der Waals surface area contributed by atoms with Gasteiger partial charge in [-0.3, -0.25) is 4.98 Å². The molecule has 0 bridgehead atoms. The van der Waals surface area contributed by atoms with Crippen LogP contribution in [0, 0.1) is 0 Å². The molecule has 1 heterocycles. The number of anilines is 1. The van der Waals surface area contributed by atoms with E-state index in [2.05, 4.69) is 9.71 Å².